The first kappa shape index (κ1) is 12.1. The second kappa shape index (κ2) is 5.23. The minimum Gasteiger partial charge on any atom is -0.481 e. The van der Waals surface area contributed by atoms with Gasteiger partial charge in [-0.05, 0) is 6.92 Å². The van der Waals surface area contributed by atoms with Crippen LogP contribution in [0.1, 0.15) is 32.6 Å². The number of rotatable bonds is 6. The Morgan fingerprint density at radius 1 is 1.20 bits per heavy atom. The van der Waals surface area contributed by atoms with Gasteiger partial charge in [-0.3, -0.25) is 4.79 Å². The Morgan fingerprint density at radius 2 is 1.73 bits per heavy atom. The highest BCUT2D eigenvalue weighted by molar-refractivity contribution is 5.75. The summed E-state index contributed by atoms with van der Waals surface area (Å²) in [5.41, 5.74) is 0. The third kappa shape index (κ3) is 3.97. The van der Waals surface area contributed by atoms with E-state index in [1.807, 2.05) is 0 Å². The summed E-state index contributed by atoms with van der Waals surface area (Å²) in [4.78, 5) is 21.3. The van der Waals surface area contributed by atoms with Crippen molar-refractivity contribution in [3.05, 3.63) is 0 Å². The molecule has 5 heteroatoms. The molecule has 15 heavy (non-hydrogen) atoms. The van der Waals surface area contributed by atoms with Gasteiger partial charge in [0.15, 0.2) is 5.79 Å². The second-order valence-corrected chi connectivity index (χ2v) is 3.70. The minimum absolute atomic E-state index is 0.00208. The topological polar surface area (TPSA) is 72.8 Å². The van der Waals surface area contributed by atoms with Crippen LogP contribution in [0.4, 0.5) is 0 Å². The number of Topliss-reactive ketones (excluding diaryl/α,β-unsaturated/α-hetero) is 1. The Kier molecular flexibility index (Phi) is 4.23. The molecule has 1 aliphatic rings. The van der Waals surface area contributed by atoms with E-state index in [0.29, 0.717) is 32.5 Å². The minimum atomic E-state index is -0.878. The molecule has 0 aromatic heterocycles. The van der Waals surface area contributed by atoms with E-state index in [1.54, 1.807) is 0 Å². The molecule has 86 valence electrons. The van der Waals surface area contributed by atoms with Crippen molar-refractivity contribution in [3.63, 3.8) is 0 Å². The number of aliphatic carboxylic acids is 1. The van der Waals surface area contributed by atoms with Gasteiger partial charge in [0, 0.05) is 19.3 Å². The molecule has 0 aliphatic carbocycles. The highest BCUT2D eigenvalue weighted by atomic mass is 16.7. The van der Waals surface area contributed by atoms with Crippen LogP contribution in [0.3, 0.4) is 0 Å². The number of carboxylic acids is 1. The first-order chi connectivity index (χ1) is 7.04. The maximum absolute atomic E-state index is 10.9. The fraction of sp³-hybridized carbons (Fsp3) is 0.800. The van der Waals surface area contributed by atoms with E-state index < -0.39 is 11.8 Å². The van der Waals surface area contributed by atoms with Gasteiger partial charge in [-0.2, -0.15) is 0 Å². The molecule has 0 bridgehead atoms. The molecule has 1 rings (SSSR count). The van der Waals surface area contributed by atoms with Crippen LogP contribution < -0.4 is 0 Å². The van der Waals surface area contributed by atoms with Gasteiger partial charge in [0.2, 0.25) is 0 Å². The molecule has 0 saturated carbocycles. The summed E-state index contributed by atoms with van der Waals surface area (Å²) in [6, 6.07) is 0. The van der Waals surface area contributed by atoms with Crippen LogP contribution in [0.2, 0.25) is 0 Å². The largest absolute Gasteiger partial charge is 0.481 e. The molecule has 0 spiro atoms. The molecule has 5 nitrogen and oxygen atoms in total. The molecule has 0 aromatic rings. The monoisotopic (exact) mass is 216 g/mol. The van der Waals surface area contributed by atoms with Gasteiger partial charge in [-0.25, -0.2) is 0 Å². The molecule has 0 unspecified atom stereocenters. The Bertz CT molecular complexity index is 222. The molecular formula is C10H16O5. The zero-order valence-corrected chi connectivity index (χ0v) is 8.82. The van der Waals surface area contributed by atoms with E-state index in [4.69, 9.17) is 14.6 Å². The standard InChI is InChI=1S/C10H16O5/c1-8(11)2-4-10(5-3-9(12)13)14-6-7-15-10/h2-7H2,1H3,(H,12,13). The number of carboxylic acid groups (broad SMARTS) is 1. The quantitative estimate of drug-likeness (QED) is 0.716. The summed E-state index contributed by atoms with van der Waals surface area (Å²) >= 11 is 0. The maximum atomic E-state index is 10.9. The SMILES string of the molecule is CC(=O)CCC1(CCC(=O)O)OCCO1. The zero-order valence-electron chi connectivity index (χ0n) is 8.82. The van der Waals surface area contributed by atoms with Crippen LogP contribution >= 0.6 is 0 Å². The van der Waals surface area contributed by atoms with E-state index in [9.17, 15) is 9.59 Å². The average Bonchev–Trinajstić information content (AvgIpc) is 2.61. The van der Waals surface area contributed by atoms with E-state index >= 15 is 0 Å². The van der Waals surface area contributed by atoms with Gasteiger partial charge in [-0.15, -0.1) is 0 Å². The molecule has 1 aliphatic heterocycles. The Labute approximate surface area is 88.4 Å². The van der Waals surface area contributed by atoms with Gasteiger partial charge in [-0.1, -0.05) is 0 Å². The van der Waals surface area contributed by atoms with Gasteiger partial charge in [0.05, 0.1) is 19.6 Å². The van der Waals surface area contributed by atoms with E-state index in [1.165, 1.54) is 6.92 Å². The van der Waals surface area contributed by atoms with Crippen molar-refractivity contribution in [2.24, 2.45) is 0 Å². The summed E-state index contributed by atoms with van der Waals surface area (Å²) in [5, 5.41) is 8.59. The van der Waals surface area contributed by atoms with Crippen LogP contribution in [0.15, 0.2) is 0 Å². The van der Waals surface area contributed by atoms with Crippen molar-refractivity contribution in [1.82, 2.24) is 0 Å². The van der Waals surface area contributed by atoms with Gasteiger partial charge >= 0.3 is 5.97 Å². The fourth-order valence-electron chi connectivity index (χ4n) is 1.57. The summed E-state index contributed by atoms with van der Waals surface area (Å²) in [6.45, 7) is 2.44. The third-order valence-electron chi connectivity index (χ3n) is 2.39. The van der Waals surface area contributed by atoms with Crippen LogP contribution in [0.5, 0.6) is 0 Å². The molecule has 0 aromatic carbocycles. The first-order valence-electron chi connectivity index (χ1n) is 5.03. The molecule has 1 heterocycles. The van der Waals surface area contributed by atoms with Crippen LogP contribution in [-0.4, -0.2) is 35.9 Å². The Hall–Kier alpha value is -0.940. The molecule has 0 radical (unpaired) electrons. The molecule has 1 N–H and O–H groups in total. The van der Waals surface area contributed by atoms with E-state index in [2.05, 4.69) is 0 Å². The van der Waals surface area contributed by atoms with E-state index in [0.717, 1.165) is 0 Å². The first-order valence-corrected chi connectivity index (χ1v) is 5.03. The lowest BCUT2D eigenvalue weighted by molar-refractivity contribution is -0.174. The number of ether oxygens (including phenoxy) is 2. The summed E-state index contributed by atoms with van der Waals surface area (Å²) in [7, 11) is 0. The van der Waals surface area contributed by atoms with Gasteiger partial charge < -0.3 is 19.4 Å². The van der Waals surface area contributed by atoms with Crippen molar-refractivity contribution in [2.75, 3.05) is 13.2 Å². The number of hydrogen-bond acceptors (Lipinski definition) is 4. The Balaban J connectivity index is 2.46. The molecule has 1 fully saturated rings. The highest BCUT2D eigenvalue weighted by Crippen LogP contribution is 2.30. The predicted molar refractivity (Wildman–Crippen MR) is 51.4 cm³/mol. The predicted octanol–water partition coefficient (Wildman–Crippen LogP) is 0.964. The maximum Gasteiger partial charge on any atom is 0.303 e. The van der Waals surface area contributed by atoms with Crippen LogP contribution in [0, 0.1) is 0 Å². The number of carbonyl (C=O) groups is 2. The molecular weight excluding hydrogens is 200 g/mol. The lowest BCUT2D eigenvalue weighted by atomic mass is 10.0. The van der Waals surface area contributed by atoms with Gasteiger partial charge in [0.25, 0.3) is 0 Å². The summed E-state index contributed by atoms with van der Waals surface area (Å²) in [6.07, 6.45) is 1.10. The molecule has 0 amide bonds. The van der Waals surface area contributed by atoms with Crippen molar-refractivity contribution in [3.8, 4) is 0 Å². The third-order valence-corrected chi connectivity index (χ3v) is 2.39. The molecule has 1 saturated heterocycles. The van der Waals surface area contributed by atoms with Crippen LogP contribution in [0.25, 0.3) is 0 Å². The number of hydrogen-bond donors (Lipinski definition) is 1. The Morgan fingerprint density at radius 3 is 2.20 bits per heavy atom. The van der Waals surface area contributed by atoms with E-state index in [-0.39, 0.29) is 12.2 Å². The average molecular weight is 216 g/mol. The normalized spacial score (nSPS) is 19.0. The zero-order chi connectivity index (χ0) is 11.3. The smallest absolute Gasteiger partial charge is 0.303 e. The van der Waals surface area contributed by atoms with Crippen molar-refractivity contribution in [1.29, 1.82) is 0 Å². The lowest BCUT2D eigenvalue weighted by Gasteiger charge is -2.26. The van der Waals surface area contributed by atoms with Gasteiger partial charge in [0.1, 0.15) is 5.78 Å². The lowest BCUT2D eigenvalue weighted by Crippen LogP contribution is -2.31. The fourth-order valence-corrected chi connectivity index (χ4v) is 1.57. The highest BCUT2D eigenvalue weighted by Gasteiger charge is 2.36. The molecule has 0 atom stereocenters. The van der Waals surface area contributed by atoms with Crippen LogP contribution in [-0.2, 0) is 19.1 Å². The number of ketones is 1. The second-order valence-electron chi connectivity index (χ2n) is 3.70. The van der Waals surface area contributed by atoms with Crippen molar-refractivity contribution in [2.45, 2.75) is 38.4 Å². The van der Waals surface area contributed by atoms with Crippen molar-refractivity contribution < 1.29 is 24.2 Å². The summed E-state index contributed by atoms with van der Waals surface area (Å²) < 4.78 is 10.8. The van der Waals surface area contributed by atoms with Crippen molar-refractivity contribution >= 4 is 11.8 Å². The number of carbonyl (C=O) groups excluding carboxylic acids is 1. The summed E-state index contributed by atoms with van der Waals surface area (Å²) in [5.74, 6) is -1.66.